The van der Waals surface area contributed by atoms with Crippen LogP contribution >= 0.6 is 0 Å². The molecule has 2 rings (SSSR count). The number of carbonyl (C=O) groups excluding carboxylic acids is 4. The Kier molecular flexibility index (Phi) is 4.79. The second-order valence-corrected chi connectivity index (χ2v) is 5.17. The Balaban J connectivity index is 1.97. The normalized spacial score (nSPS) is 25.6. The molecule has 22 heavy (non-hydrogen) atoms. The van der Waals surface area contributed by atoms with Gasteiger partial charge in [-0.05, 0) is 19.8 Å². The number of hydrogen-bond donors (Lipinski definition) is 1. The van der Waals surface area contributed by atoms with Crippen LogP contribution < -0.4 is 5.32 Å². The standard InChI is InChI=1S/C14H18N2O6/c1-8(22-11(18)6-5-10(17)21-2)12-14(20)16-7-3-4-9(16)13(19)15-12/h5-6,8-9,12H,3-4,7H2,1-2H3,(H,15,19)/b6-5+/t8-,9+,12+/m1/s1. The lowest BCUT2D eigenvalue weighted by molar-refractivity contribution is -0.156. The molecule has 0 bridgehead atoms. The van der Waals surface area contributed by atoms with Crippen LogP contribution in [0.15, 0.2) is 12.2 Å². The van der Waals surface area contributed by atoms with Gasteiger partial charge in [0.1, 0.15) is 18.2 Å². The van der Waals surface area contributed by atoms with E-state index in [1.54, 1.807) is 0 Å². The van der Waals surface area contributed by atoms with Crippen LogP contribution in [0.1, 0.15) is 19.8 Å². The zero-order valence-electron chi connectivity index (χ0n) is 12.4. The molecule has 120 valence electrons. The van der Waals surface area contributed by atoms with Gasteiger partial charge in [0.2, 0.25) is 11.8 Å². The molecule has 2 fully saturated rings. The molecule has 0 aromatic carbocycles. The van der Waals surface area contributed by atoms with Gasteiger partial charge in [0.05, 0.1) is 7.11 Å². The van der Waals surface area contributed by atoms with Crippen molar-refractivity contribution in [2.45, 2.75) is 38.0 Å². The lowest BCUT2D eigenvalue weighted by Crippen LogP contribution is -2.64. The molecule has 0 aromatic heterocycles. The third kappa shape index (κ3) is 3.26. The number of rotatable bonds is 4. The number of hydrogen-bond acceptors (Lipinski definition) is 6. The van der Waals surface area contributed by atoms with Crippen LogP contribution in [-0.2, 0) is 28.7 Å². The fourth-order valence-electron chi connectivity index (χ4n) is 2.61. The van der Waals surface area contributed by atoms with Crippen molar-refractivity contribution in [1.82, 2.24) is 10.2 Å². The van der Waals surface area contributed by atoms with Gasteiger partial charge < -0.3 is 19.7 Å². The van der Waals surface area contributed by atoms with Crippen LogP contribution in [0.25, 0.3) is 0 Å². The summed E-state index contributed by atoms with van der Waals surface area (Å²) in [4.78, 5) is 48.3. The highest BCUT2D eigenvalue weighted by Crippen LogP contribution is 2.23. The fourth-order valence-corrected chi connectivity index (χ4v) is 2.61. The second kappa shape index (κ2) is 6.59. The number of fused-ring (bicyclic) bond motifs is 1. The molecule has 0 spiro atoms. The first-order valence-electron chi connectivity index (χ1n) is 7.01. The highest BCUT2D eigenvalue weighted by atomic mass is 16.5. The Bertz CT molecular complexity index is 529. The number of piperazine rings is 1. The van der Waals surface area contributed by atoms with E-state index in [4.69, 9.17) is 4.74 Å². The average molecular weight is 310 g/mol. The van der Waals surface area contributed by atoms with E-state index in [2.05, 4.69) is 10.1 Å². The van der Waals surface area contributed by atoms with E-state index in [0.29, 0.717) is 13.0 Å². The molecule has 0 radical (unpaired) electrons. The van der Waals surface area contributed by atoms with Crippen LogP contribution in [0.4, 0.5) is 0 Å². The van der Waals surface area contributed by atoms with Crippen molar-refractivity contribution in [3.8, 4) is 0 Å². The van der Waals surface area contributed by atoms with Crippen molar-refractivity contribution in [2.75, 3.05) is 13.7 Å². The Morgan fingerprint density at radius 3 is 2.68 bits per heavy atom. The molecule has 2 saturated heterocycles. The number of methoxy groups -OCH3 is 1. The lowest BCUT2D eigenvalue weighted by Gasteiger charge is -2.36. The van der Waals surface area contributed by atoms with Gasteiger partial charge in [-0.3, -0.25) is 9.59 Å². The van der Waals surface area contributed by atoms with Gasteiger partial charge in [-0.2, -0.15) is 0 Å². The number of amides is 2. The summed E-state index contributed by atoms with van der Waals surface area (Å²) in [5, 5.41) is 2.60. The summed E-state index contributed by atoms with van der Waals surface area (Å²) in [6, 6.07) is -1.32. The molecule has 0 unspecified atom stereocenters. The smallest absolute Gasteiger partial charge is 0.331 e. The Hall–Kier alpha value is -2.38. The van der Waals surface area contributed by atoms with E-state index in [1.807, 2.05) is 0 Å². The molecule has 2 aliphatic rings. The van der Waals surface area contributed by atoms with E-state index < -0.39 is 30.1 Å². The maximum Gasteiger partial charge on any atom is 0.331 e. The number of nitrogens with one attached hydrogen (secondary N) is 1. The van der Waals surface area contributed by atoms with Crippen molar-refractivity contribution in [3.63, 3.8) is 0 Å². The molecular formula is C14H18N2O6. The van der Waals surface area contributed by atoms with E-state index >= 15 is 0 Å². The Morgan fingerprint density at radius 1 is 1.32 bits per heavy atom. The molecule has 0 aromatic rings. The van der Waals surface area contributed by atoms with E-state index in [1.165, 1.54) is 18.9 Å². The summed E-state index contributed by atoms with van der Waals surface area (Å²) in [7, 11) is 1.18. The molecule has 3 atom stereocenters. The highest BCUT2D eigenvalue weighted by molar-refractivity contribution is 5.98. The summed E-state index contributed by atoms with van der Waals surface area (Å²) in [6.45, 7) is 2.06. The number of carbonyl (C=O) groups is 4. The molecule has 2 heterocycles. The van der Waals surface area contributed by atoms with Gasteiger partial charge in [-0.1, -0.05) is 0 Å². The van der Waals surface area contributed by atoms with Gasteiger partial charge in [0.15, 0.2) is 0 Å². The first kappa shape index (κ1) is 16.0. The average Bonchev–Trinajstić information content (AvgIpc) is 2.98. The zero-order valence-corrected chi connectivity index (χ0v) is 12.4. The van der Waals surface area contributed by atoms with Gasteiger partial charge >= 0.3 is 11.9 Å². The van der Waals surface area contributed by atoms with Crippen molar-refractivity contribution < 1.29 is 28.7 Å². The van der Waals surface area contributed by atoms with Gasteiger partial charge in [0.25, 0.3) is 0 Å². The number of nitrogens with zero attached hydrogens (tertiary/aromatic N) is 1. The largest absolute Gasteiger partial charge is 0.466 e. The summed E-state index contributed by atoms with van der Waals surface area (Å²) in [5.74, 6) is -1.95. The predicted molar refractivity (Wildman–Crippen MR) is 73.4 cm³/mol. The topological polar surface area (TPSA) is 102 Å². The molecule has 2 aliphatic heterocycles. The molecular weight excluding hydrogens is 292 g/mol. The minimum atomic E-state index is -0.905. The molecule has 2 amide bonds. The predicted octanol–water partition coefficient (Wildman–Crippen LogP) is -0.863. The number of ether oxygens (including phenoxy) is 2. The quantitative estimate of drug-likeness (QED) is 0.535. The summed E-state index contributed by atoms with van der Waals surface area (Å²) in [6.07, 6.45) is 2.43. The lowest BCUT2D eigenvalue weighted by atomic mass is 10.0. The van der Waals surface area contributed by atoms with Crippen LogP contribution in [0, 0.1) is 0 Å². The maximum atomic E-state index is 12.3. The number of esters is 2. The summed E-state index contributed by atoms with van der Waals surface area (Å²) >= 11 is 0. The van der Waals surface area contributed by atoms with Gasteiger partial charge in [-0.15, -0.1) is 0 Å². The Morgan fingerprint density at radius 2 is 2.00 bits per heavy atom. The van der Waals surface area contributed by atoms with Crippen LogP contribution in [0.5, 0.6) is 0 Å². The van der Waals surface area contributed by atoms with Crippen LogP contribution in [0.2, 0.25) is 0 Å². The molecule has 8 nitrogen and oxygen atoms in total. The maximum absolute atomic E-state index is 12.3. The second-order valence-electron chi connectivity index (χ2n) is 5.17. The monoisotopic (exact) mass is 310 g/mol. The van der Waals surface area contributed by atoms with Crippen LogP contribution in [0.3, 0.4) is 0 Å². The molecule has 0 aliphatic carbocycles. The first-order valence-corrected chi connectivity index (χ1v) is 7.01. The van der Waals surface area contributed by atoms with Crippen molar-refractivity contribution in [2.24, 2.45) is 0 Å². The molecule has 0 saturated carbocycles. The summed E-state index contributed by atoms with van der Waals surface area (Å²) in [5.41, 5.74) is 0. The van der Waals surface area contributed by atoms with E-state index in [0.717, 1.165) is 18.6 Å². The molecule has 1 N–H and O–H groups in total. The van der Waals surface area contributed by atoms with Crippen molar-refractivity contribution >= 4 is 23.8 Å². The zero-order chi connectivity index (χ0) is 16.3. The first-order chi connectivity index (χ1) is 10.4. The van der Waals surface area contributed by atoms with E-state index in [9.17, 15) is 19.2 Å². The third-order valence-corrected chi connectivity index (χ3v) is 3.73. The fraction of sp³-hybridized carbons (Fsp3) is 0.571. The highest BCUT2D eigenvalue weighted by Gasteiger charge is 2.45. The minimum Gasteiger partial charge on any atom is -0.466 e. The van der Waals surface area contributed by atoms with Crippen LogP contribution in [-0.4, -0.2) is 60.5 Å². The third-order valence-electron chi connectivity index (χ3n) is 3.73. The minimum absolute atomic E-state index is 0.227. The Labute approximate surface area is 127 Å². The van der Waals surface area contributed by atoms with E-state index in [-0.39, 0.29) is 11.8 Å². The SMILES string of the molecule is COC(=O)/C=C/C(=O)O[C@H](C)[C@@H]1NC(=O)[C@@H]2CCCN2C1=O. The van der Waals surface area contributed by atoms with Gasteiger partial charge in [-0.25, -0.2) is 9.59 Å². The van der Waals surface area contributed by atoms with Gasteiger partial charge in [0, 0.05) is 18.7 Å². The van der Waals surface area contributed by atoms with Crippen molar-refractivity contribution in [1.29, 1.82) is 0 Å². The summed E-state index contributed by atoms with van der Waals surface area (Å²) < 4.78 is 9.41. The van der Waals surface area contributed by atoms with Crippen molar-refractivity contribution in [3.05, 3.63) is 12.2 Å². The molecule has 8 heteroatoms.